The maximum atomic E-state index is 12.3. The summed E-state index contributed by atoms with van der Waals surface area (Å²) in [6.07, 6.45) is 0. The van der Waals surface area contributed by atoms with E-state index in [4.69, 9.17) is 10.2 Å². The molecule has 0 fully saturated rings. The lowest BCUT2D eigenvalue weighted by molar-refractivity contribution is 0.0695. The molecule has 0 spiro atoms. The van der Waals surface area contributed by atoms with Gasteiger partial charge >= 0.3 is 5.97 Å². The van der Waals surface area contributed by atoms with Gasteiger partial charge in [0.15, 0.2) is 0 Å². The minimum Gasteiger partial charge on any atom is -0.478 e. The zero-order valence-electron chi connectivity index (χ0n) is 11.9. The number of carbonyl (C=O) groups is 1. The van der Waals surface area contributed by atoms with Gasteiger partial charge in [0.25, 0.3) is 0 Å². The van der Waals surface area contributed by atoms with Crippen molar-refractivity contribution in [2.75, 3.05) is 6.61 Å². The molecule has 2 atom stereocenters. The SMILES string of the molecule is Cc1c(Br)cc(S(=O)(=O)NC(C)C(C)CO)cc1C(=O)O. The van der Waals surface area contributed by atoms with Crippen molar-refractivity contribution in [1.82, 2.24) is 4.72 Å². The highest BCUT2D eigenvalue weighted by molar-refractivity contribution is 9.10. The molecule has 0 amide bonds. The molecule has 0 heterocycles. The molecule has 1 rings (SSSR count). The van der Waals surface area contributed by atoms with Crippen LogP contribution in [0.5, 0.6) is 0 Å². The Bertz CT molecular complexity index is 644. The smallest absolute Gasteiger partial charge is 0.336 e. The van der Waals surface area contributed by atoms with Gasteiger partial charge in [-0.25, -0.2) is 17.9 Å². The van der Waals surface area contributed by atoms with Gasteiger partial charge in [-0.3, -0.25) is 0 Å². The third-order valence-electron chi connectivity index (χ3n) is 3.34. The van der Waals surface area contributed by atoms with Crippen LogP contribution in [0.1, 0.15) is 29.8 Å². The van der Waals surface area contributed by atoms with Gasteiger partial charge < -0.3 is 10.2 Å². The monoisotopic (exact) mass is 379 g/mol. The van der Waals surface area contributed by atoms with Crippen LogP contribution in [0.3, 0.4) is 0 Å². The van der Waals surface area contributed by atoms with Gasteiger partial charge in [-0.2, -0.15) is 0 Å². The zero-order valence-corrected chi connectivity index (χ0v) is 14.3. The van der Waals surface area contributed by atoms with Gasteiger partial charge in [-0.05, 0) is 37.5 Å². The van der Waals surface area contributed by atoms with Crippen LogP contribution in [0.4, 0.5) is 0 Å². The maximum absolute atomic E-state index is 12.3. The second-order valence-electron chi connectivity index (χ2n) is 4.95. The van der Waals surface area contributed by atoms with E-state index in [0.29, 0.717) is 10.0 Å². The summed E-state index contributed by atoms with van der Waals surface area (Å²) in [6.45, 7) is 4.79. The Morgan fingerprint density at radius 3 is 2.43 bits per heavy atom. The van der Waals surface area contributed by atoms with Crippen LogP contribution in [-0.2, 0) is 10.0 Å². The zero-order chi connectivity index (χ0) is 16.4. The van der Waals surface area contributed by atoms with E-state index in [2.05, 4.69) is 20.7 Å². The molecular formula is C13H18BrNO5S. The fraction of sp³-hybridized carbons (Fsp3) is 0.462. The number of hydrogen-bond acceptors (Lipinski definition) is 4. The van der Waals surface area contributed by atoms with Crippen LogP contribution >= 0.6 is 15.9 Å². The number of benzene rings is 1. The predicted octanol–water partition coefficient (Wildman–Crippen LogP) is 1.75. The van der Waals surface area contributed by atoms with Crippen LogP contribution < -0.4 is 4.72 Å². The van der Waals surface area contributed by atoms with Crippen LogP contribution in [0.2, 0.25) is 0 Å². The summed E-state index contributed by atoms with van der Waals surface area (Å²) in [4.78, 5) is 11.0. The summed E-state index contributed by atoms with van der Waals surface area (Å²) >= 11 is 3.17. The third kappa shape index (κ3) is 4.26. The number of sulfonamides is 1. The molecule has 2 unspecified atom stereocenters. The van der Waals surface area contributed by atoms with Crippen molar-refractivity contribution in [1.29, 1.82) is 0 Å². The van der Waals surface area contributed by atoms with Gasteiger partial charge in [0.05, 0.1) is 10.5 Å². The van der Waals surface area contributed by atoms with Crippen LogP contribution in [0, 0.1) is 12.8 Å². The number of hydrogen-bond donors (Lipinski definition) is 3. The van der Waals surface area contributed by atoms with Gasteiger partial charge in [-0.15, -0.1) is 0 Å². The second-order valence-corrected chi connectivity index (χ2v) is 7.52. The molecule has 1 aromatic carbocycles. The molecule has 0 radical (unpaired) electrons. The molecule has 0 bridgehead atoms. The first-order valence-electron chi connectivity index (χ1n) is 6.26. The average molecular weight is 380 g/mol. The van der Waals surface area contributed by atoms with E-state index in [0.717, 1.165) is 6.07 Å². The summed E-state index contributed by atoms with van der Waals surface area (Å²) < 4.78 is 27.4. The molecule has 3 N–H and O–H groups in total. The molecular weight excluding hydrogens is 362 g/mol. The number of carboxylic acids is 1. The van der Waals surface area contributed by atoms with E-state index < -0.39 is 22.0 Å². The van der Waals surface area contributed by atoms with Crippen molar-refractivity contribution >= 4 is 31.9 Å². The van der Waals surface area contributed by atoms with E-state index in [1.165, 1.54) is 6.07 Å². The first-order chi connectivity index (χ1) is 9.60. The second kappa shape index (κ2) is 6.87. The standard InChI is InChI=1S/C13H18BrNO5S/c1-7(6-16)9(3)15-21(19,20)10-4-11(13(17)18)8(2)12(14)5-10/h4-5,7,9,15-16H,6H2,1-3H3,(H,17,18). The number of carboxylic acid groups (broad SMARTS) is 1. The molecule has 21 heavy (non-hydrogen) atoms. The molecule has 0 aliphatic rings. The van der Waals surface area contributed by atoms with Crippen molar-refractivity contribution in [2.45, 2.75) is 31.7 Å². The van der Waals surface area contributed by atoms with E-state index in [1.807, 2.05) is 0 Å². The normalized spacial score (nSPS) is 14.7. The molecule has 0 aromatic heterocycles. The molecule has 1 aromatic rings. The fourth-order valence-electron chi connectivity index (χ4n) is 1.62. The number of aliphatic hydroxyl groups excluding tert-OH is 1. The third-order valence-corrected chi connectivity index (χ3v) is 5.70. The van der Waals surface area contributed by atoms with Crippen molar-refractivity contribution < 1.29 is 23.4 Å². The number of nitrogens with one attached hydrogen (secondary N) is 1. The number of rotatable bonds is 6. The number of halogens is 1. The van der Waals surface area contributed by atoms with E-state index in [-0.39, 0.29) is 23.0 Å². The lowest BCUT2D eigenvalue weighted by Gasteiger charge is -2.19. The highest BCUT2D eigenvalue weighted by atomic mass is 79.9. The lowest BCUT2D eigenvalue weighted by Crippen LogP contribution is -2.38. The number of aliphatic hydroxyl groups is 1. The highest BCUT2D eigenvalue weighted by Crippen LogP contribution is 2.25. The largest absolute Gasteiger partial charge is 0.478 e. The Balaban J connectivity index is 3.24. The van der Waals surface area contributed by atoms with Crippen molar-refractivity contribution in [2.24, 2.45) is 5.92 Å². The first-order valence-corrected chi connectivity index (χ1v) is 8.54. The molecule has 6 nitrogen and oxygen atoms in total. The average Bonchev–Trinajstić information content (AvgIpc) is 2.39. The van der Waals surface area contributed by atoms with Gasteiger partial charge in [0.2, 0.25) is 10.0 Å². The molecule has 0 saturated carbocycles. The summed E-state index contributed by atoms with van der Waals surface area (Å²) in [5, 5.41) is 18.2. The van der Waals surface area contributed by atoms with Crippen LogP contribution in [0.15, 0.2) is 21.5 Å². The van der Waals surface area contributed by atoms with Crippen LogP contribution in [0.25, 0.3) is 0 Å². The predicted molar refractivity (Wildman–Crippen MR) is 81.9 cm³/mol. The minimum atomic E-state index is -3.86. The van der Waals surface area contributed by atoms with Gasteiger partial charge in [0, 0.05) is 17.1 Å². The Labute approximate surface area is 132 Å². The van der Waals surface area contributed by atoms with Crippen molar-refractivity contribution in [3.63, 3.8) is 0 Å². The molecule has 118 valence electrons. The summed E-state index contributed by atoms with van der Waals surface area (Å²) in [5.74, 6) is -1.45. The Kier molecular flexibility index (Phi) is 5.92. The maximum Gasteiger partial charge on any atom is 0.336 e. The topological polar surface area (TPSA) is 104 Å². The summed E-state index contributed by atoms with van der Waals surface area (Å²) in [7, 11) is -3.86. The van der Waals surface area contributed by atoms with E-state index in [9.17, 15) is 13.2 Å². The Morgan fingerprint density at radius 2 is 1.95 bits per heavy atom. The highest BCUT2D eigenvalue weighted by Gasteiger charge is 2.23. The van der Waals surface area contributed by atoms with Crippen molar-refractivity contribution in [3.05, 3.63) is 27.7 Å². The van der Waals surface area contributed by atoms with Gasteiger partial charge in [-0.1, -0.05) is 22.9 Å². The molecule has 0 saturated heterocycles. The molecule has 8 heteroatoms. The van der Waals surface area contributed by atoms with Gasteiger partial charge in [0.1, 0.15) is 0 Å². The molecule has 0 aliphatic heterocycles. The quantitative estimate of drug-likeness (QED) is 0.698. The summed E-state index contributed by atoms with van der Waals surface area (Å²) in [5.41, 5.74) is 0.380. The van der Waals surface area contributed by atoms with Crippen LogP contribution in [-0.4, -0.2) is 37.2 Å². The van der Waals surface area contributed by atoms with E-state index >= 15 is 0 Å². The molecule has 0 aliphatic carbocycles. The Morgan fingerprint density at radius 1 is 1.38 bits per heavy atom. The first kappa shape index (κ1) is 18.1. The van der Waals surface area contributed by atoms with Crippen molar-refractivity contribution in [3.8, 4) is 0 Å². The summed E-state index contributed by atoms with van der Waals surface area (Å²) in [6, 6.07) is 2.01. The Hall–Kier alpha value is -0.960. The lowest BCUT2D eigenvalue weighted by atomic mass is 10.1. The minimum absolute atomic E-state index is 0.0763. The van der Waals surface area contributed by atoms with E-state index in [1.54, 1.807) is 20.8 Å². The fourth-order valence-corrected chi connectivity index (χ4v) is 3.63. The number of aromatic carboxylic acids is 1.